The molecule has 2 N–H and O–H groups in total. The van der Waals surface area contributed by atoms with E-state index in [2.05, 4.69) is 35.8 Å². The largest absolute Gasteiger partial charge is 0.473 e. The molecule has 1 amide bonds. The number of amides is 1. The Morgan fingerprint density at radius 1 is 1.04 bits per heavy atom. The van der Waals surface area contributed by atoms with E-state index in [9.17, 15) is 4.79 Å². The highest BCUT2D eigenvalue weighted by Gasteiger charge is 2.23. The molecule has 0 radical (unpaired) electrons. The molecule has 0 spiro atoms. The zero-order valence-electron chi connectivity index (χ0n) is 15.2. The van der Waals surface area contributed by atoms with Gasteiger partial charge >= 0.3 is 11.9 Å². The van der Waals surface area contributed by atoms with Gasteiger partial charge < -0.3 is 15.1 Å². The predicted molar refractivity (Wildman–Crippen MR) is 94.2 cm³/mol. The molecule has 142 valence electrons. The van der Waals surface area contributed by atoms with Crippen molar-refractivity contribution in [1.82, 2.24) is 9.80 Å². The average Bonchev–Trinajstić information content (AvgIpc) is 2.56. The monoisotopic (exact) mass is 354 g/mol. The van der Waals surface area contributed by atoms with Gasteiger partial charge in [-0.2, -0.15) is 0 Å². The summed E-state index contributed by atoms with van der Waals surface area (Å²) in [5.74, 6) is -2.00. The van der Waals surface area contributed by atoms with Gasteiger partial charge in [0.05, 0.1) is 0 Å². The summed E-state index contributed by atoms with van der Waals surface area (Å²) in [7, 11) is 0. The van der Waals surface area contributed by atoms with Crippen molar-refractivity contribution in [3.05, 3.63) is 12.2 Å². The third-order valence-corrected chi connectivity index (χ3v) is 4.38. The molecule has 0 aromatic carbocycles. The first-order chi connectivity index (χ1) is 11.8. The summed E-state index contributed by atoms with van der Waals surface area (Å²) >= 11 is 0. The highest BCUT2D eigenvalue weighted by Crippen LogP contribution is 2.20. The van der Waals surface area contributed by atoms with E-state index in [-0.39, 0.29) is 0 Å². The lowest BCUT2D eigenvalue weighted by Crippen LogP contribution is -2.50. The lowest BCUT2D eigenvalue weighted by atomic mass is 9.94. The van der Waals surface area contributed by atoms with E-state index in [1.807, 2.05) is 0 Å². The van der Waals surface area contributed by atoms with E-state index in [1.54, 1.807) is 0 Å². The van der Waals surface area contributed by atoms with Gasteiger partial charge in [-0.1, -0.05) is 26.0 Å². The predicted octanol–water partition coefficient (Wildman–Crippen LogP) is 1.69. The number of rotatable bonds is 4. The van der Waals surface area contributed by atoms with Crippen molar-refractivity contribution in [3.8, 4) is 0 Å². The van der Waals surface area contributed by atoms with Gasteiger partial charge in [0.1, 0.15) is 0 Å². The normalized spacial score (nSPS) is 20.8. The van der Waals surface area contributed by atoms with Crippen molar-refractivity contribution in [2.75, 3.05) is 32.7 Å². The standard InChI is InChI=1S/C16H28N2O.C2H2O4/c1-14(2)12-16(19)18-10-8-17(9-11-18)13-15-6-4-3-5-7-15;3-1(4)2(5)6/h3-4,14-15H,5-13H2,1-2H3;(H,3,4)(H,5,6). The van der Waals surface area contributed by atoms with Crippen LogP contribution >= 0.6 is 0 Å². The second-order valence-corrected chi connectivity index (χ2v) is 7.04. The molecule has 25 heavy (non-hydrogen) atoms. The second-order valence-electron chi connectivity index (χ2n) is 7.04. The van der Waals surface area contributed by atoms with Gasteiger partial charge in [-0.3, -0.25) is 9.69 Å². The molecule has 1 saturated heterocycles. The minimum atomic E-state index is -1.82. The fourth-order valence-corrected chi connectivity index (χ4v) is 3.05. The van der Waals surface area contributed by atoms with Crippen molar-refractivity contribution in [2.45, 2.75) is 39.5 Å². The Bertz CT molecular complexity index is 470. The molecular formula is C18H30N2O5. The van der Waals surface area contributed by atoms with Crippen LogP contribution in [0.25, 0.3) is 0 Å². The Kier molecular flexibility index (Phi) is 9.20. The molecule has 1 unspecified atom stereocenters. The minimum Gasteiger partial charge on any atom is -0.473 e. The molecule has 0 aromatic rings. The molecule has 0 saturated carbocycles. The SMILES string of the molecule is CC(C)CC(=O)N1CCN(CC2CC=CCC2)CC1.O=C(O)C(=O)O. The summed E-state index contributed by atoms with van der Waals surface area (Å²) in [6, 6.07) is 0. The van der Waals surface area contributed by atoms with Gasteiger partial charge in [0.2, 0.25) is 5.91 Å². The first-order valence-corrected chi connectivity index (χ1v) is 8.91. The fourth-order valence-electron chi connectivity index (χ4n) is 3.05. The Hall–Kier alpha value is -1.89. The molecule has 1 heterocycles. The van der Waals surface area contributed by atoms with Crippen molar-refractivity contribution >= 4 is 17.8 Å². The molecule has 0 aromatic heterocycles. The lowest BCUT2D eigenvalue weighted by molar-refractivity contribution is -0.159. The summed E-state index contributed by atoms with van der Waals surface area (Å²) in [4.78, 5) is 34.8. The summed E-state index contributed by atoms with van der Waals surface area (Å²) < 4.78 is 0. The Morgan fingerprint density at radius 2 is 1.64 bits per heavy atom. The van der Waals surface area contributed by atoms with Crippen molar-refractivity contribution < 1.29 is 24.6 Å². The Balaban J connectivity index is 0.000000450. The summed E-state index contributed by atoms with van der Waals surface area (Å²) in [6.07, 6.45) is 9.16. The van der Waals surface area contributed by atoms with Crippen molar-refractivity contribution in [2.24, 2.45) is 11.8 Å². The van der Waals surface area contributed by atoms with Crippen LogP contribution in [0.15, 0.2) is 12.2 Å². The van der Waals surface area contributed by atoms with Crippen LogP contribution in [0.5, 0.6) is 0 Å². The van der Waals surface area contributed by atoms with E-state index in [1.165, 1.54) is 25.8 Å². The van der Waals surface area contributed by atoms with Gasteiger partial charge in [0.15, 0.2) is 0 Å². The lowest BCUT2D eigenvalue weighted by Gasteiger charge is -2.37. The zero-order valence-corrected chi connectivity index (χ0v) is 15.2. The van der Waals surface area contributed by atoms with E-state index in [4.69, 9.17) is 19.8 Å². The quantitative estimate of drug-likeness (QED) is 0.589. The van der Waals surface area contributed by atoms with Gasteiger partial charge in [0.25, 0.3) is 0 Å². The number of carbonyl (C=O) groups is 3. The fraction of sp³-hybridized carbons (Fsp3) is 0.722. The van der Waals surface area contributed by atoms with Gasteiger partial charge in [0, 0.05) is 39.1 Å². The summed E-state index contributed by atoms with van der Waals surface area (Å²) in [6.45, 7) is 9.42. The third kappa shape index (κ3) is 8.67. The number of carbonyl (C=O) groups excluding carboxylic acids is 1. The third-order valence-electron chi connectivity index (χ3n) is 4.38. The van der Waals surface area contributed by atoms with E-state index in [0.29, 0.717) is 18.2 Å². The van der Waals surface area contributed by atoms with E-state index >= 15 is 0 Å². The van der Waals surface area contributed by atoms with Gasteiger partial charge in [-0.05, 0) is 31.1 Å². The van der Waals surface area contributed by atoms with Crippen LogP contribution in [0.4, 0.5) is 0 Å². The highest BCUT2D eigenvalue weighted by molar-refractivity contribution is 6.27. The Morgan fingerprint density at radius 3 is 2.08 bits per heavy atom. The zero-order chi connectivity index (χ0) is 18.8. The number of allylic oxidation sites excluding steroid dienone is 2. The first kappa shape index (κ1) is 21.2. The molecule has 0 bridgehead atoms. The number of hydrogen-bond acceptors (Lipinski definition) is 4. The van der Waals surface area contributed by atoms with Gasteiger partial charge in [-0.15, -0.1) is 0 Å². The topological polar surface area (TPSA) is 98.2 Å². The molecule has 1 aliphatic carbocycles. The summed E-state index contributed by atoms with van der Waals surface area (Å²) in [5, 5.41) is 14.8. The van der Waals surface area contributed by atoms with E-state index in [0.717, 1.165) is 32.1 Å². The van der Waals surface area contributed by atoms with E-state index < -0.39 is 11.9 Å². The van der Waals surface area contributed by atoms with Crippen LogP contribution in [0.3, 0.4) is 0 Å². The summed E-state index contributed by atoms with van der Waals surface area (Å²) in [5.41, 5.74) is 0. The van der Waals surface area contributed by atoms with Crippen LogP contribution in [0.1, 0.15) is 39.5 Å². The Labute approximate surface area is 149 Å². The smallest absolute Gasteiger partial charge is 0.414 e. The van der Waals surface area contributed by atoms with Crippen LogP contribution in [-0.2, 0) is 14.4 Å². The number of nitrogens with zero attached hydrogens (tertiary/aromatic N) is 2. The molecule has 7 heteroatoms. The molecule has 1 fully saturated rings. The maximum Gasteiger partial charge on any atom is 0.414 e. The maximum atomic E-state index is 12.0. The highest BCUT2D eigenvalue weighted by atomic mass is 16.4. The second kappa shape index (κ2) is 10.9. The number of hydrogen-bond donors (Lipinski definition) is 2. The minimum absolute atomic E-state index is 0.343. The molecule has 2 rings (SSSR count). The number of carboxylic acids is 2. The number of aliphatic carboxylic acids is 2. The van der Waals surface area contributed by atoms with Crippen LogP contribution in [0, 0.1) is 11.8 Å². The van der Waals surface area contributed by atoms with Gasteiger partial charge in [-0.25, -0.2) is 9.59 Å². The van der Waals surface area contributed by atoms with Crippen LogP contribution in [0.2, 0.25) is 0 Å². The average molecular weight is 354 g/mol. The number of piperazine rings is 1. The molecule has 7 nitrogen and oxygen atoms in total. The van der Waals surface area contributed by atoms with Crippen LogP contribution < -0.4 is 0 Å². The molecule has 2 aliphatic rings. The maximum absolute atomic E-state index is 12.0. The molecule has 1 atom stereocenters. The van der Waals surface area contributed by atoms with Crippen molar-refractivity contribution in [3.63, 3.8) is 0 Å². The number of carboxylic acid groups (broad SMARTS) is 2. The molecular weight excluding hydrogens is 324 g/mol. The van der Waals surface area contributed by atoms with Crippen LogP contribution in [-0.4, -0.2) is 70.6 Å². The van der Waals surface area contributed by atoms with Crippen molar-refractivity contribution in [1.29, 1.82) is 0 Å². The first-order valence-electron chi connectivity index (χ1n) is 8.91. The molecule has 1 aliphatic heterocycles.